The molecule has 194 valence electrons. The number of nitrogens with one attached hydrogen (secondary N) is 2. The smallest absolute Gasteiger partial charge is 0.340 e. The topological polar surface area (TPSA) is 118 Å². The van der Waals surface area contributed by atoms with E-state index in [2.05, 4.69) is 10.6 Å². The number of hydrogen-bond donors (Lipinski definition) is 2. The van der Waals surface area contributed by atoms with Crippen molar-refractivity contribution in [3.8, 4) is 0 Å². The quantitative estimate of drug-likeness (QED) is 0.259. The number of anilines is 2. The van der Waals surface area contributed by atoms with E-state index in [1.165, 1.54) is 24.2 Å². The molecule has 0 aliphatic carbocycles. The van der Waals surface area contributed by atoms with Gasteiger partial charge in [0.2, 0.25) is 0 Å². The van der Waals surface area contributed by atoms with E-state index in [0.29, 0.717) is 32.9 Å². The molecule has 0 atom stereocenters. The zero-order chi connectivity index (χ0) is 27.4. The second-order valence-electron chi connectivity index (χ2n) is 8.08. The molecule has 3 aromatic rings. The molecule has 1 aliphatic heterocycles. The van der Waals surface area contributed by atoms with E-state index in [0.717, 1.165) is 0 Å². The van der Waals surface area contributed by atoms with E-state index < -0.39 is 23.7 Å². The minimum absolute atomic E-state index is 0.0696. The molecule has 0 spiro atoms. The third-order valence-electron chi connectivity index (χ3n) is 5.54. The first-order chi connectivity index (χ1) is 18.2. The van der Waals surface area contributed by atoms with E-state index in [1.54, 1.807) is 61.5 Å². The Bertz CT molecular complexity index is 1510. The Morgan fingerprint density at radius 2 is 1.71 bits per heavy atom. The Kier molecular flexibility index (Phi) is 7.99. The summed E-state index contributed by atoms with van der Waals surface area (Å²) in [7, 11) is 1.23. The summed E-state index contributed by atoms with van der Waals surface area (Å²) in [5, 5.41) is 5.75. The van der Waals surface area contributed by atoms with E-state index in [1.807, 2.05) is 0 Å². The molecule has 11 heteroatoms. The number of carbonyl (C=O) groups excluding carboxylic acids is 4. The summed E-state index contributed by atoms with van der Waals surface area (Å²) in [5.74, 6) is -2.33. The van der Waals surface area contributed by atoms with Crippen molar-refractivity contribution >= 4 is 64.3 Å². The van der Waals surface area contributed by atoms with Crippen LogP contribution in [0.15, 0.2) is 81.9 Å². The summed E-state index contributed by atoms with van der Waals surface area (Å²) in [6, 6.07) is 16.2. The molecule has 9 nitrogen and oxygen atoms in total. The summed E-state index contributed by atoms with van der Waals surface area (Å²) in [5.41, 5.74) is 1.40. The van der Waals surface area contributed by atoms with Gasteiger partial charge in [0, 0.05) is 21.4 Å². The van der Waals surface area contributed by atoms with Crippen molar-refractivity contribution in [2.75, 3.05) is 17.3 Å². The van der Waals surface area contributed by atoms with Gasteiger partial charge in [0.1, 0.15) is 11.5 Å². The van der Waals surface area contributed by atoms with Gasteiger partial charge in [-0.25, -0.2) is 4.79 Å². The van der Waals surface area contributed by atoms with Crippen LogP contribution in [-0.4, -0.2) is 30.8 Å². The summed E-state index contributed by atoms with van der Waals surface area (Å²) < 4.78 is 10.6. The molecule has 0 bridgehead atoms. The van der Waals surface area contributed by atoms with Crippen molar-refractivity contribution in [2.24, 2.45) is 0 Å². The number of amides is 3. The molecule has 38 heavy (non-hydrogen) atoms. The molecule has 0 fully saturated rings. The van der Waals surface area contributed by atoms with Crippen LogP contribution in [0.4, 0.5) is 11.4 Å². The maximum Gasteiger partial charge on any atom is 0.340 e. The van der Waals surface area contributed by atoms with E-state index in [9.17, 15) is 19.2 Å². The molecule has 0 unspecified atom stereocenters. The van der Waals surface area contributed by atoms with Crippen LogP contribution in [0.2, 0.25) is 10.0 Å². The first-order valence-corrected chi connectivity index (χ1v) is 12.0. The van der Waals surface area contributed by atoms with Crippen LogP contribution in [0.3, 0.4) is 0 Å². The number of rotatable bonds is 6. The van der Waals surface area contributed by atoms with Gasteiger partial charge in [0.05, 0.1) is 30.5 Å². The normalized spacial score (nSPS) is 14.2. The molecule has 4 rings (SSSR count). The van der Waals surface area contributed by atoms with Gasteiger partial charge >= 0.3 is 17.8 Å². The third-order valence-corrected chi connectivity index (χ3v) is 6.01. The molecule has 1 aliphatic rings. The molecule has 2 heterocycles. The van der Waals surface area contributed by atoms with Gasteiger partial charge < -0.3 is 19.8 Å². The van der Waals surface area contributed by atoms with Crippen LogP contribution in [0.1, 0.15) is 18.4 Å². The second-order valence-corrected chi connectivity index (χ2v) is 8.95. The molecule has 0 radical (unpaired) electrons. The Hall–Kier alpha value is -4.34. The highest BCUT2D eigenvalue weighted by Gasteiger charge is 2.38. The number of methoxy groups -OCH3 is 1. The van der Waals surface area contributed by atoms with Gasteiger partial charge in [-0.15, -0.1) is 0 Å². The van der Waals surface area contributed by atoms with Crippen molar-refractivity contribution < 1.29 is 28.3 Å². The monoisotopic (exact) mass is 553 g/mol. The Balaban J connectivity index is 1.49. The van der Waals surface area contributed by atoms with Crippen molar-refractivity contribution in [2.45, 2.75) is 13.5 Å². The van der Waals surface area contributed by atoms with Crippen LogP contribution < -0.4 is 15.5 Å². The number of ether oxygens (including phenoxy) is 1. The van der Waals surface area contributed by atoms with Crippen molar-refractivity contribution in [1.29, 1.82) is 0 Å². The summed E-state index contributed by atoms with van der Waals surface area (Å²) >= 11 is 12.0. The first-order valence-electron chi connectivity index (χ1n) is 11.2. The lowest BCUT2D eigenvalue weighted by Crippen LogP contribution is -2.34. The van der Waals surface area contributed by atoms with Gasteiger partial charge in [-0.05, 0) is 61.5 Å². The van der Waals surface area contributed by atoms with Crippen LogP contribution in [-0.2, 0) is 30.5 Å². The summed E-state index contributed by atoms with van der Waals surface area (Å²) in [6.45, 7) is 1.54. The van der Waals surface area contributed by atoms with Crippen LogP contribution in [0.25, 0.3) is 6.08 Å². The van der Waals surface area contributed by atoms with Gasteiger partial charge in [-0.2, -0.15) is 0 Å². The number of nitrogens with zero attached hydrogens (tertiary/aromatic N) is 1. The minimum atomic E-state index is -0.879. The van der Waals surface area contributed by atoms with Gasteiger partial charge in [0.15, 0.2) is 0 Å². The number of benzene rings is 2. The molecule has 2 aromatic carbocycles. The van der Waals surface area contributed by atoms with Gasteiger partial charge in [0.25, 0.3) is 5.91 Å². The minimum Gasteiger partial charge on any atom is -0.465 e. The molecule has 1 aromatic heterocycles. The van der Waals surface area contributed by atoms with Crippen LogP contribution >= 0.6 is 23.2 Å². The Morgan fingerprint density at radius 3 is 2.39 bits per heavy atom. The average molecular weight is 554 g/mol. The Labute approximate surface area is 227 Å². The number of hydrogen-bond acceptors (Lipinski definition) is 6. The zero-order valence-electron chi connectivity index (χ0n) is 20.2. The number of esters is 1. The maximum atomic E-state index is 13.3. The summed E-state index contributed by atoms with van der Waals surface area (Å²) in [4.78, 5) is 51.6. The van der Waals surface area contributed by atoms with E-state index in [4.69, 9.17) is 32.4 Å². The number of halogens is 2. The molecule has 0 saturated heterocycles. The standard InChI is InChI=1S/C27H21Cl2N3O6/c1-15-23(27(36)37-2)22(26(35)32(15)19-8-4-6-17(29)12-19)13-20-9-10-21(38-20)14-30-24(33)25(34)31-18-7-3-5-16(28)11-18/h3-13H,14H2,1-2H3,(H,30,33)(H,31,34)/b22-13-. The number of carbonyl (C=O) groups is 4. The lowest BCUT2D eigenvalue weighted by atomic mass is 10.1. The van der Waals surface area contributed by atoms with Crippen LogP contribution in [0, 0.1) is 0 Å². The fourth-order valence-corrected chi connectivity index (χ4v) is 4.19. The Morgan fingerprint density at radius 1 is 1.00 bits per heavy atom. The van der Waals surface area contributed by atoms with E-state index >= 15 is 0 Å². The predicted molar refractivity (Wildman–Crippen MR) is 142 cm³/mol. The molecule has 2 N–H and O–H groups in total. The van der Waals surface area contributed by atoms with Crippen molar-refractivity contribution in [3.63, 3.8) is 0 Å². The maximum absolute atomic E-state index is 13.3. The summed E-state index contributed by atoms with van der Waals surface area (Å²) in [6.07, 6.45) is 1.42. The van der Waals surface area contributed by atoms with Crippen molar-refractivity contribution in [3.05, 3.63) is 99.1 Å². The first kappa shape index (κ1) is 26.7. The SMILES string of the molecule is COC(=O)C1=C(C)N(c2cccc(Cl)c2)C(=O)/C1=C\c1ccc(CNC(=O)C(=O)Nc2cccc(Cl)c2)o1. The zero-order valence-corrected chi connectivity index (χ0v) is 21.7. The number of furan rings is 1. The largest absolute Gasteiger partial charge is 0.465 e. The third kappa shape index (κ3) is 5.80. The van der Waals surface area contributed by atoms with E-state index in [-0.39, 0.29) is 23.5 Å². The highest BCUT2D eigenvalue weighted by atomic mass is 35.5. The fourth-order valence-electron chi connectivity index (χ4n) is 3.82. The van der Waals surface area contributed by atoms with Crippen LogP contribution in [0.5, 0.6) is 0 Å². The van der Waals surface area contributed by atoms with Crippen molar-refractivity contribution in [1.82, 2.24) is 5.32 Å². The molecular formula is C27H21Cl2N3O6. The lowest BCUT2D eigenvalue weighted by Gasteiger charge is -2.18. The fraction of sp³-hybridized carbons (Fsp3) is 0.111. The molecule has 3 amide bonds. The molecule has 0 saturated carbocycles. The second kappa shape index (κ2) is 11.4. The molecular weight excluding hydrogens is 533 g/mol. The highest BCUT2D eigenvalue weighted by molar-refractivity contribution is 6.39. The highest BCUT2D eigenvalue weighted by Crippen LogP contribution is 2.36. The van der Waals surface area contributed by atoms with Gasteiger partial charge in [-0.3, -0.25) is 19.3 Å². The van der Waals surface area contributed by atoms with Gasteiger partial charge in [-0.1, -0.05) is 35.3 Å². The lowest BCUT2D eigenvalue weighted by molar-refractivity contribution is -0.136. The predicted octanol–water partition coefficient (Wildman–Crippen LogP) is 4.72. The average Bonchev–Trinajstić information content (AvgIpc) is 3.43. The number of allylic oxidation sites excluding steroid dienone is 1.